The number of carboxylic acids is 1. The van der Waals surface area contributed by atoms with Gasteiger partial charge in [-0.25, -0.2) is 4.39 Å². The number of carbonyl (C=O) groups is 1. The molecule has 0 saturated carbocycles. The van der Waals surface area contributed by atoms with Gasteiger partial charge in [0.1, 0.15) is 12.6 Å². The molecular weight excluding hydrogens is 201 g/mol. The number of aliphatic carboxylic acids is 1. The summed E-state index contributed by atoms with van der Waals surface area (Å²) in [6, 6.07) is 5.02. The van der Waals surface area contributed by atoms with Crippen LogP contribution in [0.15, 0.2) is 24.3 Å². The lowest BCUT2D eigenvalue weighted by atomic mass is 10.3. The molecule has 0 spiro atoms. The highest BCUT2D eigenvalue weighted by Gasteiger charge is 2.16. The lowest BCUT2D eigenvalue weighted by molar-refractivity contribution is -0.140. The third-order valence-electron chi connectivity index (χ3n) is 1.89. The SMILES string of the molecule is CNC(COc1ccccc1F)C(=O)O. The van der Waals surface area contributed by atoms with E-state index >= 15 is 0 Å². The molecule has 1 unspecified atom stereocenters. The maximum absolute atomic E-state index is 13.1. The fraction of sp³-hybridized carbons (Fsp3) is 0.300. The van der Waals surface area contributed by atoms with Crippen LogP contribution in [0.3, 0.4) is 0 Å². The van der Waals surface area contributed by atoms with Crippen LogP contribution in [0.25, 0.3) is 0 Å². The Morgan fingerprint density at radius 1 is 1.60 bits per heavy atom. The Morgan fingerprint density at radius 3 is 2.80 bits per heavy atom. The van der Waals surface area contributed by atoms with Crippen molar-refractivity contribution < 1.29 is 19.0 Å². The number of carboxylic acid groups (broad SMARTS) is 1. The zero-order chi connectivity index (χ0) is 11.3. The topological polar surface area (TPSA) is 58.6 Å². The van der Waals surface area contributed by atoms with Crippen LogP contribution in [0, 0.1) is 5.82 Å². The first kappa shape index (κ1) is 11.5. The quantitative estimate of drug-likeness (QED) is 0.762. The highest BCUT2D eigenvalue weighted by molar-refractivity contribution is 5.73. The van der Waals surface area contributed by atoms with Crippen LogP contribution >= 0.6 is 0 Å². The van der Waals surface area contributed by atoms with E-state index in [9.17, 15) is 9.18 Å². The molecule has 0 fully saturated rings. The summed E-state index contributed by atoms with van der Waals surface area (Å²) < 4.78 is 18.1. The molecular formula is C10H12FNO3. The minimum Gasteiger partial charge on any atom is -0.488 e. The second kappa shape index (κ2) is 5.31. The number of rotatable bonds is 5. The number of halogens is 1. The average Bonchev–Trinajstić information content (AvgIpc) is 2.21. The Morgan fingerprint density at radius 2 is 2.27 bits per heavy atom. The number of likely N-dealkylation sites (N-methyl/N-ethyl adjacent to an activating group) is 1. The predicted octanol–water partition coefficient (Wildman–Crippen LogP) is 0.877. The molecule has 1 aromatic carbocycles. The van der Waals surface area contributed by atoms with Gasteiger partial charge < -0.3 is 15.2 Å². The molecule has 0 aliphatic heterocycles. The van der Waals surface area contributed by atoms with E-state index in [1.807, 2.05) is 0 Å². The second-order valence-electron chi connectivity index (χ2n) is 2.92. The average molecular weight is 213 g/mol. The van der Waals surface area contributed by atoms with Gasteiger partial charge in [-0.1, -0.05) is 12.1 Å². The second-order valence-corrected chi connectivity index (χ2v) is 2.92. The van der Waals surface area contributed by atoms with E-state index in [-0.39, 0.29) is 12.4 Å². The summed E-state index contributed by atoms with van der Waals surface area (Å²) in [7, 11) is 1.50. The number of benzene rings is 1. The van der Waals surface area contributed by atoms with E-state index in [0.29, 0.717) is 0 Å². The van der Waals surface area contributed by atoms with Crippen molar-refractivity contribution in [3.63, 3.8) is 0 Å². The van der Waals surface area contributed by atoms with Gasteiger partial charge >= 0.3 is 5.97 Å². The van der Waals surface area contributed by atoms with Crippen LogP contribution in [-0.4, -0.2) is 30.8 Å². The molecule has 82 valence electrons. The molecule has 0 heterocycles. The fourth-order valence-corrected chi connectivity index (χ4v) is 1.01. The minimum atomic E-state index is -1.03. The van der Waals surface area contributed by atoms with Crippen molar-refractivity contribution in [1.82, 2.24) is 5.32 Å². The Hall–Kier alpha value is -1.62. The van der Waals surface area contributed by atoms with Gasteiger partial charge in [-0.2, -0.15) is 0 Å². The van der Waals surface area contributed by atoms with Crippen LogP contribution in [-0.2, 0) is 4.79 Å². The Balaban J connectivity index is 2.56. The zero-order valence-corrected chi connectivity index (χ0v) is 8.24. The van der Waals surface area contributed by atoms with Crippen LogP contribution in [0.2, 0.25) is 0 Å². The van der Waals surface area contributed by atoms with Gasteiger partial charge in [0.15, 0.2) is 11.6 Å². The van der Waals surface area contributed by atoms with Crippen molar-refractivity contribution in [2.24, 2.45) is 0 Å². The van der Waals surface area contributed by atoms with Gasteiger partial charge in [0.25, 0.3) is 0 Å². The molecule has 4 nitrogen and oxygen atoms in total. The molecule has 0 aliphatic carbocycles. The van der Waals surface area contributed by atoms with Crippen molar-refractivity contribution in [2.75, 3.05) is 13.7 Å². The Labute approximate surface area is 86.7 Å². The van der Waals surface area contributed by atoms with E-state index < -0.39 is 17.8 Å². The van der Waals surface area contributed by atoms with Crippen molar-refractivity contribution in [3.05, 3.63) is 30.1 Å². The number of hydrogen-bond acceptors (Lipinski definition) is 3. The summed E-state index contributed by atoms with van der Waals surface area (Å²) in [6.07, 6.45) is 0. The zero-order valence-electron chi connectivity index (χ0n) is 8.24. The first-order valence-electron chi connectivity index (χ1n) is 4.42. The number of ether oxygens (including phenoxy) is 1. The van der Waals surface area contributed by atoms with E-state index in [0.717, 1.165) is 0 Å². The summed E-state index contributed by atoms with van der Waals surface area (Å²) >= 11 is 0. The largest absolute Gasteiger partial charge is 0.488 e. The molecule has 1 aromatic rings. The number of hydrogen-bond donors (Lipinski definition) is 2. The van der Waals surface area contributed by atoms with Gasteiger partial charge in [-0.15, -0.1) is 0 Å². The first-order valence-corrected chi connectivity index (χ1v) is 4.42. The maximum atomic E-state index is 13.1. The van der Waals surface area contributed by atoms with E-state index in [1.54, 1.807) is 6.07 Å². The van der Waals surface area contributed by atoms with Crippen molar-refractivity contribution in [2.45, 2.75) is 6.04 Å². The lowest BCUT2D eigenvalue weighted by Gasteiger charge is -2.12. The fourth-order valence-electron chi connectivity index (χ4n) is 1.01. The van der Waals surface area contributed by atoms with E-state index in [2.05, 4.69) is 5.32 Å². The Kier molecular flexibility index (Phi) is 4.05. The van der Waals surface area contributed by atoms with Crippen LogP contribution in [0.5, 0.6) is 5.75 Å². The maximum Gasteiger partial charge on any atom is 0.324 e. The summed E-state index contributed by atoms with van der Waals surface area (Å²) in [5.41, 5.74) is 0. The summed E-state index contributed by atoms with van der Waals surface area (Å²) in [5, 5.41) is 11.2. The van der Waals surface area contributed by atoms with E-state index in [1.165, 1.54) is 25.2 Å². The van der Waals surface area contributed by atoms with Crippen LogP contribution in [0.1, 0.15) is 0 Å². The number of nitrogens with one attached hydrogen (secondary N) is 1. The Bertz CT molecular complexity index is 343. The predicted molar refractivity (Wildman–Crippen MR) is 52.4 cm³/mol. The van der Waals surface area contributed by atoms with Crippen molar-refractivity contribution in [3.8, 4) is 5.75 Å². The lowest BCUT2D eigenvalue weighted by Crippen LogP contribution is -2.39. The molecule has 0 saturated heterocycles. The van der Waals surface area contributed by atoms with Crippen molar-refractivity contribution in [1.29, 1.82) is 0 Å². The summed E-state index contributed by atoms with van der Waals surface area (Å²) in [5.74, 6) is -1.48. The molecule has 1 rings (SSSR count). The molecule has 0 aliphatic rings. The smallest absolute Gasteiger partial charge is 0.324 e. The van der Waals surface area contributed by atoms with Gasteiger partial charge in [0.05, 0.1) is 0 Å². The third-order valence-corrected chi connectivity index (χ3v) is 1.89. The molecule has 15 heavy (non-hydrogen) atoms. The number of para-hydroxylation sites is 1. The highest BCUT2D eigenvalue weighted by atomic mass is 19.1. The standard InChI is InChI=1S/C10H12FNO3/c1-12-8(10(13)14)6-15-9-5-3-2-4-7(9)11/h2-5,8,12H,6H2,1H3,(H,13,14). The first-order chi connectivity index (χ1) is 7.15. The summed E-state index contributed by atoms with van der Waals surface area (Å²) in [4.78, 5) is 10.6. The molecule has 0 aromatic heterocycles. The molecule has 5 heteroatoms. The van der Waals surface area contributed by atoms with Gasteiger partial charge in [0, 0.05) is 0 Å². The van der Waals surface area contributed by atoms with Crippen molar-refractivity contribution >= 4 is 5.97 Å². The van der Waals surface area contributed by atoms with Gasteiger partial charge in [-0.3, -0.25) is 4.79 Å². The normalized spacial score (nSPS) is 12.1. The summed E-state index contributed by atoms with van der Waals surface area (Å²) in [6.45, 7) is -0.118. The van der Waals surface area contributed by atoms with E-state index in [4.69, 9.17) is 9.84 Å². The minimum absolute atomic E-state index is 0.0546. The molecule has 0 radical (unpaired) electrons. The molecule has 0 bridgehead atoms. The highest BCUT2D eigenvalue weighted by Crippen LogP contribution is 2.15. The monoisotopic (exact) mass is 213 g/mol. The molecule has 1 atom stereocenters. The van der Waals surface area contributed by atoms with Gasteiger partial charge in [0.2, 0.25) is 0 Å². The molecule has 0 amide bonds. The van der Waals surface area contributed by atoms with Gasteiger partial charge in [-0.05, 0) is 19.2 Å². The molecule has 2 N–H and O–H groups in total. The third kappa shape index (κ3) is 3.21. The van der Waals surface area contributed by atoms with Crippen LogP contribution < -0.4 is 10.1 Å². The van der Waals surface area contributed by atoms with Crippen LogP contribution in [0.4, 0.5) is 4.39 Å².